The van der Waals surface area contributed by atoms with Crippen molar-refractivity contribution in [1.29, 1.82) is 0 Å². The normalized spacial score (nSPS) is 10.6. The van der Waals surface area contributed by atoms with Gasteiger partial charge in [0.25, 0.3) is 0 Å². The molecule has 0 bridgehead atoms. The van der Waals surface area contributed by atoms with Crippen molar-refractivity contribution >= 4 is 27.4 Å². The fourth-order valence-corrected chi connectivity index (χ4v) is 1.49. The van der Waals surface area contributed by atoms with Crippen molar-refractivity contribution in [3.05, 3.63) is 16.2 Å². The van der Waals surface area contributed by atoms with E-state index in [1.807, 2.05) is 6.92 Å². The Balaban J connectivity index is 2.83. The van der Waals surface area contributed by atoms with E-state index in [1.165, 1.54) is 0 Å². The molecule has 0 amide bonds. The van der Waals surface area contributed by atoms with Crippen molar-refractivity contribution in [1.82, 2.24) is 4.98 Å². The van der Waals surface area contributed by atoms with Gasteiger partial charge in [-0.2, -0.15) is 0 Å². The molecule has 0 fully saturated rings. The molecule has 1 heterocycles. The van der Waals surface area contributed by atoms with Crippen molar-refractivity contribution in [2.45, 2.75) is 20.8 Å². The maximum Gasteiger partial charge on any atom is 0.140 e. The number of hydrogen-bond acceptors (Lipinski definition) is 3. The van der Waals surface area contributed by atoms with Gasteiger partial charge in [0.15, 0.2) is 0 Å². The minimum absolute atomic E-state index is 0.599. The average molecular weight is 258 g/mol. The summed E-state index contributed by atoms with van der Waals surface area (Å²) in [4.78, 5) is 4.23. The zero-order valence-corrected chi connectivity index (χ0v) is 10.4. The lowest BCUT2D eigenvalue weighted by molar-refractivity contribution is 0.686. The molecule has 0 radical (unpaired) electrons. The smallest absolute Gasteiger partial charge is 0.140 e. The van der Waals surface area contributed by atoms with Crippen LogP contribution in [0.25, 0.3) is 0 Å². The molecule has 1 aromatic rings. The van der Waals surface area contributed by atoms with Gasteiger partial charge < -0.3 is 11.1 Å². The van der Waals surface area contributed by atoms with Gasteiger partial charge in [0.2, 0.25) is 0 Å². The van der Waals surface area contributed by atoms with E-state index in [-0.39, 0.29) is 0 Å². The first kappa shape index (κ1) is 11.3. The first-order chi connectivity index (χ1) is 6.52. The Labute approximate surface area is 93.2 Å². The van der Waals surface area contributed by atoms with Crippen LogP contribution in [0.15, 0.2) is 10.7 Å². The molecule has 3 nitrogen and oxygen atoms in total. The van der Waals surface area contributed by atoms with Gasteiger partial charge in [0, 0.05) is 6.54 Å². The summed E-state index contributed by atoms with van der Waals surface area (Å²) in [5.74, 6) is 1.46. The average Bonchev–Trinajstić information content (AvgIpc) is 2.13. The fourth-order valence-electron chi connectivity index (χ4n) is 1.02. The number of nitrogen functional groups attached to an aromatic ring is 1. The van der Waals surface area contributed by atoms with E-state index in [0.29, 0.717) is 11.6 Å². The van der Waals surface area contributed by atoms with Crippen molar-refractivity contribution in [3.8, 4) is 0 Å². The zero-order chi connectivity index (χ0) is 10.7. The predicted molar refractivity (Wildman–Crippen MR) is 64.4 cm³/mol. The minimum atomic E-state index is 0.599. The Bertz CT molecular complexity index is 323. The van der Waals surface area contributed by atoms with Crippen LogP contribution < -0.4 is 11.1 Å². The van der Waals surface area contributed by atoms with E-state index in [4.69, 9.17) is 5.73 Å². The second-order valence-corrected chi connectivity index (χ2v) is 4.57. The van der Waals surface area contributed by atoms with Gasteiger partial charge in [-0.25, -0.2) is 4.98 Å². The van der Waals surface area contributed by atoms with Gasteiger partial charge in [-0.1, -0.05) is 13.8 Å². The number of rotatable bonds is 3. The predicted octanol–water partition coefficient (Wildman–Crippen LogP) is 2.80. The third-order valence-electron chi connectivity index (χ3n) is 1.98. The van der Waals surface area contributed by atoms with E-state index in [9.17, 15) is 0 Å². The highest BCUT2D eigenvalue weighted by molar-refractivity contribution is 9.10. The maximum absolute atomic E-state index is 5.73. The molecule has 0 aliphatic rings. The molecule has 0 aromatic carbocycles. The minimum Gasteiger partial charge on any atom is -0.397 e. The summed E-state index contributed by atoms with van der Waals surface area (Å²) in [7, 11) is 0. The highest BCUT2D eigenvalue weighted by atomic mass is 79.9. The number of aromatic nitrogens is 1. The number of nitrogens with two attached hydrogens (primary N) is 1. The van der Waals surface area contributed by atoms with Crippen molar-refractivity contribution in [3.63, 3.8) is 0 Å². The third-order valence-corrected chi connectivity index (χ3v) is 2.95. The van der Waals surface area contributed by atoms with Crippen LogP contribution in [-0.2, 0) is 0 Å². The van der Waals surface area contributed by atoms with Crippen LogP contribution in [-0.4, -0.2) is 11.5 Å². The molecule has 3 N–H and O–H groups in total. The van der Waals surface area contributed by atoms with Crippen molar-refractivity contribution < 1.29 is 0 Å². The van der Waals surface area contributed by atoms with Crippen LogP contribution in [0.2, 0.25) is 0 Å². The Kier molecular flexibility index (Phi) is 3.75. The highest BCUT2D eigenvalue weighted by Gasteiger charge is 2.06. The summed E-state index contributed by atoms with van der Waals surface area (Å²) in [5.41, 5.74) is 7.47. The van der Waals surface area contributed by atoms with E-state index in [0.717, 1.165) is 22.4 Å². The molecule has 14 heavy (non-hydrogen) atoms. The maximum atomic E-state index is 5.73. The van der Waals surface area contributed by atoms with E-state index in [1.54, 1.807) is 6.20 Å². The number of pyridine rings is 1. The van der Waals surface area contributed by atoms with Crippen LogP contribution in [0.3, 0.4) is 0 Å². The van der Waals surface area contributed by atoms with Gasteiger partial charge in [0.1, 0.15) is 5.82 Å². The van der Waals surface area contributed by atoms with Crippen LogP contribution in [0.1, 0.15) is 19.4 Å². The monoisotopic (exact) mass is 257 g/mol. The van der Waals surface area contributed by atoms with E-state index >= 15 is 0 Å². The zero-order valence-electron chi connectivity index (χ0n) is 8.76. The lowest BCUT2D eigenvalue weighted by atomic mass is 10.2. The van der Waals surface area contributed by atoms with Gasteiger partial charge >= 0.3 is 0 Å². The Morgan fingerprint density at radius 3 is 2.79 bits per heavy atom. The Morgan fingerprint density at radius 1 is 1.57 bits per heavy atom. The molecule has 0 saturated carbocycles. The highest BCUT2D eigenvalue weighted by Crippen LogP contribution is 2.27. The number of nitrogens with zero attached hydrogens (tertiary/aromatic N) is 1. The molecule has 1 aromatic heterocycles. The standard InChI is InChI=1S/C10H16BrN3/c1-6(2)4-13-10-9(11)7(3)8(12)5-14-10/h5-6H,4,12H2,1-3H3,(H,13,14). The molecule has 0 saturated heterocycles. The molecule has 0 unspecified atom stereocenters. The van der Waals surface area contributed by atoms with Crippen LogP contribution in [0.5, 0.6) is 0 Å². The Morgan fingerprint density at radius 2 is 2.21 bits per heavy atom. The first-order valence-electron chi connectivity index (χ1n) is 4.66. The fraction of sp³-hybridized carbons (Fsp3) is 0.500. The van der Waals surface area contributed by atoms with Gasteiger partial charge in [-0.15, -0.1) is 0 Å². The molecule has 0 aliphatic heterocycles. The summed E-state index contributed by atoms with van der Waals surface area (Å²) < 4.78 is 0.957. The summed E-state index contributed by atoms with van der Waals surface area (Å²) in [5, 5.41) is 3.27. The Hall–Kier alpha value is -0.770. The SMILES string of the molecule is Cc1c(N)cnc(NCC(C)C)c1Br. The summed E-state index contributed by atoms with van der Waals surface area (Å²) in [6.07, 6.45) is 1.68. The number of hydrogen-bond donors (Lipinski definition) is 2. The molecular weight excluding hydrogens is 242 g/mol. The largest absolute Gasteiger partial charge is 0.397 e. The van der Waals surface area contributed by atoms with Crippen LogP contribution in [0.4, 0.5) is 11.5 Å². The van der Waals surface area contributed by atoms with Crippen LogP contribution >= 0.6 is 15.9 Å². The summed E-state index contributed by atoms with van der Waals surface area (Å²) in [6.45, 7) is 7.20. The molecule has 1 rings (SSSR count). The van der Waals surface area contributed by atoms with Gasteiger partial charge in [0.05, 0.1) is 16.4 Å². The van der Waals surface area contributed by atoms with E-state index < -0.39 is 0 Å². The van der Waals surface area contributed by atoms with Crippen molar-refractivity contribution in [2.24, 2.45) is 5.92 Å². The molecule has 0 aliphatic carbocycles. The lowest BCUT2D eigenvalue weighted by Crippen LogP contribution is -2.10. The third kappa shape index (κ3) is 2.61. The van der Waals surface area contributed by atoms with Crippen molar-refractivity contribution in [2.75, 3.05) is 17.6 Å². The second kappa shape index (κ2) is 4.64. The molecule has 0 spiro atoms. The van der Waals surface area contributed by atoms with E-state index in [2.05, 4.69) is 40.1 Å². The summed E-state index contributed by atoms with van der Waals surface area (Å²) in [6, 6.07) is 0. The lowest BCUT2D eigenvalue weighted by Gasteiger charge is -2.12. The quantitative estimate of drug-likeness (QED) is 0.876. The molecule has 0 atom stereocenters. The first-order valence-corrected chi connectivity index (χ1v) is 5.46. The van der Waals surface area contributed by atoms with Gasteiger partial charge in [-0.3, -0.25) is 0 Å². The number of nitrogens with one attached hydrogen (secondary N) is 1. The second-order valence-electron chi connectivity index (χ2n) is 3.78. The summed E-state index contributed by atoms with van der Waals surface area (Å²) >= 11 is 3.48. The van der Waals surface area contributed by atoms with Gasteiger partial charge in [-0.05, 0) is 34.3 Å². The number of anilines is 2. The molecule has 4 heteroatoms. The molecule has 78 valence electrons. The molecular formula is C10H16BrN3. The number of halogens is 1. The topological polar surface area (TPSA) is 50.9 Å². The van der Waals surface area contributed by atoms with Crippen LogP contribution in [0, 0.1) is 12.8 Å².